The third-order valence-electron chi connectivity index (χ3n) is 2.31. The first-order chi connectivity index (χ1) is 7.58. The highest BCUT2D eigenvalue weighted by atomic mass is 16.1. The molecule has 1 aliphatic heterocycles. The van der Waals surface area contributed by atoms with Gasteiger partial charge in [0, 0.05) is 37.3 Å². The van der Waals surface area contributed by atoms with E-state index < -0.39 is 0 Å². The van der Waals surface area contributed by atoms with Gasteiger partial charge in [-0.1, -0.05) is 0 Å². The van der Waals surface area contributed by atoms with Gasteiger partial charge < -0.3 is 10.6 Å². The smallest absolute Gasteiger partial charge is 0.157 e. The Morgan fingerprint density at radius 1 is 0.875 bits per heavy atom. The fourth-order valence-corrected chi connectivity index (χ4v) is 1.50. The van der Waals surface area contributed by atoms with Crippen molar-refractivity contribution in [2.45, 2.75) is 26.7 Å². The summed E-state index contributed by atoms with van der Waals surface area (Å²) >= 11 is 0. The Kier molecular flexibility index (Phi) is 4.76. The number of hydrogen-bond donors (Lipinski definition) is 2. The van der Waals surface area contributed by atoms with Crippen molar-refractivity contribution in [3.63, 3.8) is 0 Å². The zero-order valence-electron chi connectivity index (χ0n) is 9.80. The zero-order chi connectivity index (χ0) is 12.0. The maximum Gasteiger partial charge on any atom is 0.157 e. The Morgan fingerprint density at radius 3 is 1.62 bits per heavy atom. The molecule has 0 fully saturated rings. The van der Waals surface area contributed by atoms with Gasteiger partial charge in [-0.25, -0.2) is 0 Å². The zero-order valence-corrected chi connectivity index (χ0v) is 9.80. The van der Waals surface area contributed by atoms with Crippen molar-refractivity contribution in [1.29, 1.82) is 0 Å². The summed E-state index contributed by atoms with van der Waals surface area (Å²) in [4.78, 5) is 22.9. The Labute approximate surface area is 95.8 Å². The molecule has 0 bridgehead atoms. The predicted octanol–water partition coefficient (Wildman–Crippen LogP) is 0.905. The molecular weight excluding hydrogens is 204 g/mol. The van der Waals surface area contributed by atoms with Crippen LogP contribution in [0, 0.1) is 0 Å². The van der Waals surface area contributed by atoms with E-state index in [9.17, 15) is 9.59 Å². The number of rotatable bonds is 0. The summed E-state index contributed by atoms with van der Waals surface area (Å²) in [5.41, 5.74) is 1.70. The molecule has 88 valence electrons. The first-order valence-corrected chi connectivity index (χ1v) is 5.48. The van der Waals surface area contributed by atoms with Gasteiger partial charge in [-0.15, -0.1) is 0 Å². The van der Waals surface area contributed by atoms with Gasteiger partial charge in [0.25, 0.3) is 0 Å². The third kappa shape index (κ3) is 4.77. The van der Waals surface area contributed by atoms with Crippen LogP contribution in [0.25, 0.3) is 0 Å². The number of allylic oxidation sites excluding steroid dienone is 4. The lowest BCUT2D eigenvalue weighted by Crippen LogP contribution is -2.26. The minimum absolute atomic E-state index is 0.00191. The quantitative estimate of drug-likeness (QED) is 0.639. The number of hydrogen-bond acceptors (Lipinski definition) is 4. The molecule has 1 heterocycles. The van der Waals surface area contributed by atoms with Gasteiger partial charge in [0.15, 0.2) is 11.6 Å². The molecule has 0 atom stereocenters. The molecule has 0 aliphatic carbocycles. The van der Waals surface area contributed by atoms with Crippen LogP contribution in [0.15, 0.2) is 23.5 Å². The van der Waals surface area contributed by atoms with E-state index in [0.29, 0.717) is 0 Å². The van der Waals surface area contributed by atoms with E-state index in [1.54, 1.807) is 12.2 Å². The van der Waals surface area contributed by atoms with Crippen LogP contribution in [0.5, 0.6) is 0 Å². The summed E-state index contributed by atoms with van der Waals surface area (Å²) < 4.78 is 0. The second-order valence-corrected chi connectivity index (χ2v) is 3.94. The van der Waals surface area contributed by atoms with Crippen molar-refractivity contribution in [3.05, 3.63) is 23.5 Å². The predicted molar refractivity (Wildman–Crippen MR) is 62.8 cm³/mol. The number of carbonyl (C=O) groups excluding carboxylic acids is 2. The molecule has 0 aromatic heterocycles. The number of nitrogens with one attached hydrogen (secondary N) is 2. The Morgan fingerprint density at radius 2 is 1.25 bits per heavy atom. The van der Waals surface area contributed by atoms with E-state index in [1.807, 2.05) is 13.8 Å². The molecule has 4 heteroatoms. The van der Waals surface area contributed by atoms with Crippen LogP contribution in [-0.4, -0.2) is 24.7 Å². The second kappa shape index (κ2) is 6.10. The minimum Gasteiger partial charge on any atom is -0.387 e. The van der Waals surface area contributed by atoms with Crippen LogP contribution in [0.3, 0.4) is 0 Å². The number of carbonyl (C=O) groups is 2. The first kappa shape index (κ1) is 12.5. The van der Waals surface area contributed by atoms with Crippen LogP contribution in [0.1, 0.15) is 26.7 Å². The van der Waals surface area contributed by atoms with Crippen molar-refractivity contribution < 1.29 is 9.59 Å². The molecule has 0 spiro atoms. The SMILES string of the molecule is C/C1=C/C(=O)CCC(=O)/C=C(\C)NCCN1. The molecular formula is C12H18N2O2. The lowest BCUT2D eigenvalue weighted by molar-refractivity contribution is -0.119. The van der Waals surface area contributed by atoms with Crippen molar-refractivity contribution in [1.82, 2.24) is 10.6 Å². The van der Waals surface area contributed by atoms with Gasteiger partial charge in [-0.05, 0) is 26.0 Å². The van der Waals surface area contributed by atoms with E-state index in [0.717, 1.165) is 24.5 Å². The summed E-state index contributed by atoms with van der Waals surface area (Å²) in [5, 5.41) is 6.26. The van der Waals surface area contributed by atoms with Gasteiger partial charge in [0.05, 0.1) is 0 Å². The highest BCUT2D eigenvalue weighted by Gasteiger charge is 2.05. The van der Waals surface area contributed by atoms with E-state index in [4.69, 9.17) is 0 Å². The van der Waals surface area contributed by atoms with Crippen LogP contribution < -0.4 is 10.6 Å². The summed E-state index contributed by atoms with van der Waals surface area (Å²) in [5.74, 6) is -0.00382. The monoisotopic (exact) mass is 222 g/mol. The molecule has 0 saturated carbocycles. The molecule has 0 saturated heterocycles. The highest BCUT2D eigenvalue weighted by Crippen LogP contribution is 2.00. The average Bonchev–Trinajstić information content (AvgIpc) is 2.20. The normalized spacial score (nSPS) is 26.1. The lowest BCUT2D eigenvalue weighted by Gasteiger charge is -2.10. The van der Waals surface area contributed by atoms with E-state index in [-0.39, 0.29) is 24.4 Å². The molecule has 0 unspecified atom stereocenters. The van der Waals surface area contributed by atoms with Crippen molar-refractivity contribution in [3.8, 4) is 0 Å². The molecule has 16 heavy (non-hydrogen) atoms. The van der Waals surface area contributed by atoms with E-state index in [2.05, 4.69) is 10.6 Å². The molecule has 0 amide bonds. The first-order valence-electron chi connectivity index (χ1n) is 5.48. The molecule has 4 nitrogen and oxygen atoms in total. The fourth-order valence-electron chi connectivity index (χ4n) is 1.50. The summed E-state index contributed by atoms with van der Waals surface area (Å²) in [6, 6.07) is 0. The van der Waals surface area contributed by atoms with Gasteiger partial charge >= 0.3 is 0 Å². The average molecular weight is 222 g/mol. The van der Waals surface area contributed by atoms with Crippen molar-refractivity contribution >= 4 is 11.6 Å². The largest absolute Gasteiger partial charge is 0.387 e. The maximum absolute atomic E-state index is 11.4. The lowest BCUT2D eigenvalue weighted by atomic mass is 10.1. The van der Waals surface area contributed by atoms with E-state index >= 15 is 0 Å². The summed E-state index contributed by atoms with van der Waals surface area (Å²) in [6.45, 7) is 5.17. The topological polar surface area (TPSA) is 58.2 Å². The molecule has 2 N–H and O–H groups in total. The summed E-state index contributed by atoms with van der Waals surface area (Å²) in [7, 11) is 0. The molecule has 1 rings (SSSR count). The Bertz CT molecular complexity index is 309. The van der Waals surface area contributed by atoms with E-state index in [1.165, 1.54) is 0 Å². The Hall–Kier alpha value is -1.58. The van der Waals surface area contributed by atoms with Gasteiger partial charge in [0.2, 0.25) is 0 Å². The fraction of sp³-hybridized carbons (Fsp3) is 0.500. The van der Waals surface area contributed by atoms with Crippen LogP contribution >= 0.6 is 0 Å². The molecule has 0 radical (unpaired) electrons. The van der Waals surface area contributed by atoms with Crippen LogP contribution in [0.4, 0.5) is 0 Å². The maximum atomic E-state index is 11.4. The molecule has 0 aromatic carbocycles. The van der Waals surface area contributed by atoms with Crippen molar-refractivity contribution in [2.75, 3.05) is 13.1 Å². The van der Waals surface area contributed by atoms with Crippen LogP contribution in [-0.2, 0) is 9.59 Å². The Balaban J connectivity index is 2.67. The van der Waals surface area contributed by atoms with Crippen molar-refractivity contribution in [2.24, 2.45) is 0 Å². The minimum atomic E-state index is -0.00191. The summed E-state index contributed by atoms with van der Waals surface area (Å²) in [6.07, 6.45) is 3.68. The van der Waals surface area contributed by atoms with Gasteiger partial charge in [0.1, 0.15) is 0 Å². The second-order valence-electron chi connectivity index (χ2n) is 3.94. The third-order valence-corrected chi connectivity index (χ3v) is 2.31. The standard InChI is InChI=1S/C12H18N2O2/c1-9-7-11(15)3-4-12(16)8-10(2)14-6-5-13-9/h7-8,13-14H,3-6H2,1-2H3/b9-7-,10-8+. The highest BCUT2D eigenvalue weighted by molar-refractivity contribution is 5.96. The molecule has 0 aromatic rings. The van der Waals surface area contributed by atoms with Crippen LogP contribution in [0.2, 0.25) is 0 Å². The number of ketones is 2. The molecule has 1 aliphatic rings. The van der Waals surface area contributed by atoms with Gasteiger partial charge in [-0.3, -0.25) is 9.59 Å². The van der Waals surface area contributed by atoms with Gasteiger partial charge in [-0.2, -0.15) is 0 Å².